The van der Waals surface area contributed by atoms with Crippen LogP contribution < -0.4 is 5.32 Å². The highest BCUT2D eigenvalue weighted by Gasteiger charge is 2.34. The van der Waals surface area contributed by atoms with E-state index < -0.39 is 35.1 Å². The average molecular weight is 401 g/mol. The molecule has 1 aliphatic rings. The number of nitrogens with zero attached hydrogens (tertiary/aromatic N) is 1. The third-order valence-electron chi connectivity index (χ3n) is 4.16. The molecule has 0 radical (unpaired) electrons. The molecule has 0 bridgehead atoms. The van der Waals surface area contributed by atoms with E-state index in [4.69, 9.17) is 11.6 Å². The average Bonchev–Trinajstić information content (AvgIpc) is 3.17. The number of hydrogen-bond donors (Lipinski definition) is 1. The number of carbonyl (C=O) groups excluding carboxylic acids is 3. The Morgan fingerprint density at radius 2 is 1.81 bits per heavy atom. The van der Waals surface area contributed by atoms with Crippen molar-refractivity contribution in [3.8, 4) is 0 Å². The summed E-state index contributed by atoms with van der Waals surface area (Å²) in [6.07, 6.45) is 1.01. The summed E-state index contributed by atoms with van der Waals surface area (Å²) in [4.78, 5) is 36.4. The van der Waals surface area contributed by atoms with E-state index in [-0.39, 0.29) is 22.0 Å². The Kier molecular flexibility index (Phi) is 4.97. The standard InChI is InChI=1S/C17H12ClF3N2O4/c1-27-17(26)15(24)14-12(18)11(10-3-2-4-23(10)14)16(25)22-7-5-8(19)13(21)9(20)6-7/h5-6H,2-4H2,1H3,(H,22,25). The van der Waals surface area contributed by atoms with Gasteiger partial charge in [0.25, 0.3) is 11.7 Å². The Morgan fingerprint density at radius 3 is 2.41 bits per heavy atom. The van der Waals surface area contributed by atoms with Crippen molar-refractivity contribution in [3.63, 3.8) is 0 Å². The SMILES string of the molecule is COC(=O)C(=O)c1c(Cl)c(C(=O)Nc2cc(F)c(F)c(F)c2)c2n1CCC2. The molecule has 0 saturated heterocycles. The summed E-state index contributed by atoms with van der Waals surface area (Å²) in [5.74, 6) is -7.61. The second kappa shape index (κ2) is 7.07. The zero-order valence-electron chi connectivity index (χ0n) is 13.9. The van der Waals surface area contributed by atoms with Gasteiger partial charge in [-0.3, -0.25) is 9.59 Å². The number of ether oxygens (including phenoxy) is 1. The molecule has 1 aromatic heterocycles. The number of nitrogens with one attached hydrogen (secondary N) is 1. The third kappa shape index (κ3) is 3.18. The summed E-state index contributed by atoms with van der Waals surface area (Å²) in [6.45, 7) is 0.361. The summed E-state index contributed by atoms with van der Waals surface area (Å²) >= 11 is 6.17. The van der Waals surface area contributed by atoms with Crippen LogP contribution >= 0.6 is 11.6 Å². The van der Waals surface area contributed by atoms with Crippen molar-refractivity contribution in [1.82, 2.24) is 4.57 Å². The lowest BCUT2D eigenvalue weighted by Crippen LogP contribution is -2.19. The zero-order valence-corrected chi connectivity index (χ0v) is 14.6. The van der Waals surface area contributed by atoms with Crippen LogP contribution in [0.5, 0.6) is 0 Å². The summed E-state index contributed by atoms with van der Waals surface area (Å²) in [6, 6.07) is 1.22. The van der Waals surface area contributed by atoms with E-state index in [9.17, 15) is 27.6 Å². The van der Waals surface area contributed by atoms with Crippen LogP contribution in [0.2, 0.25) is 5.02 Å². The summed E-state index contributed by atoms with van der Waals surface area (Å²) in [7, 11) is 1.03. The molecule has 1 N–H and O–H groups in total. The predicted molar refractivity (Wildman–Crippen MR) is 88.4 cm³/mol. The smallest absolute Gasteiger partial charge is 0.381 e. The molecular weight excluding hydrogens is 389 g/mol. The molecule has 1 aliphatic heterocycles. The van der Waals surface area contributed by atoms with Gasteiger partial charge in [0.05, 0.1) is 17.7 Å². The number of benzene rings is 1. The number of aromatic nitrogens is 1. The molecule has 1 amide bonds. The van der Waals surface area contributed by atoms with E-state index >= 15 is 0 Å². The van der Waals surface area contributed by atoms with Crippen LogP contribution in [0.1, 0.15) is 33.0 Å². The lowest BCUT2D eigenvalue weighted by Gasteiger charge is -2.07. The normalized spacial score (nSPS) is 12.6. The van der Waals surface area contributed by atoms with Crippen LogP contribution in [0.4, 0.5) is 18.9 Å². The number of methoxy groups -OCH3 is 1. The van der Waals surface area contributed by atoms with Crippen LogP contribution in [-0.4, -0.2) is 29.3 Å². The van der Waals surface area contributed by atoms with Gasteiger partial charge in [0.15, 0.2) is 17.5 Å². The quantitative estimate of drug-likeness (QED) is 0.370. The maximum atomic E-state index is 13.3. The fourth-order valence-electron chi connectivity index (χ4n) is 3.01. The highest BCUT2D eigenvalue weighted by atomic mass is 35.5. The number of esters is 1. The molecule has 2 aromatic rings. The van der Waals surface area contributed by atoms with Gasteiger partial charge in [-0.15, -0.1) is 0 Å². The minimum absolute atomic E-state index is 0.0911. The molecular formula is C17H12ClF3N2O4. The van der Waals surface area contributed by atoms with Crippen molar-refractivity contribution in [2.24, 2.45) is 0 Å². The lowest BCUT2D eigenvalue weighted by atomic mass is 10.1. The van der Waals surface area contributed by atoms with Gasteiger partial charge in [-0.05, 0) is 12.8 Å². The monoisotopic (exact) mass is 400 g/mol. The molecule has 0 unspecified atom stereocenters. The van der Waals surface area contributed by atoms with Crippen LogP contribution in [0.15, 0.2) is 12.1 Å². The van der Waals surface area contributed by atoms with Crippen molar-refractivity contribution in [3.05, 3.63) is 51.6 Å². The second-order valence-electron chi connectivity index (χ2n) is 5.77. The van der Waals surface area contributed by atoms with Gasteiger partial charge in [-0.1, -0.05) is 11.6 Å². The Bertz CT molecular complexity index is 964. The van der Waals surface area contributed by atoms with Crippen LogP contribution in [0, 0.1) is 17.5 Å². The Hall–Kier alpha value is -2.81. The summed E-state index contributed by atoms with van der Waals surface area (Å²) in [5.41, 5.74) is -0.191. The van der Waals surface area contributed by atoms with E-state index in [2.05, 4.69) is 10.1 Å². The first-order valence-corrected chi connectivity index (χ1v) is 8.13. The highest BCUT2D eigenvalue weighted by molar-refractivity contribution is 6.46. The van der Waals surface area contributed by atoms with Gasteiger partial charge >= 0.3 is 5.97 Å². The molecule has 0 spiro atoms. The molecule has 0 saturated carbocycles. The fourth-order valence-corrected chi connectivity index (χ4v) is 3.39. The predicted octanol–water partition coefficient (Wildman–Crippen LogP) is 3.11. The van der Waals surface area contributed by atoms with Crippen molar-refractivity contribution in [2.75, 3.05) is 12.4 Å². The van der Waals surface area contributed by atoms with Crippen molar-refractivity contribution in [1.29, 1.82) is 0 Å². The molecule has 27 heavy (non-hydrogen) atoms. The Morgan fingerprint density at radius 1 is 1.19 bits per heavy atom. The number of fused-ring (bicyclic) bond motifs is 1. The minimum Gasteiger partial charge on any atom is -0.463 e. The summed E-state index contributed by atoms with van der Waals surface area (Å²) in [5, 5.41) is 1.96. The number of hydrogen-bond acceptors (Lipinski definition) is 4. The van der Waals surface area contributed by atoms with Gasteiger partial charge < -0.3 is 14.6 Å². The lowest BCUT2D eigenvalue weighted by molar-refractivity contribution is -0.135. The second-order valence-corrected chi connectivity index (χ2v) is 6.15. The van der Waals surface area contributed by atoms with Crippen molar-refractivity contribution >= 4 is 34.9 Å². The van der Waals surface area contributed by atoms with Gasteiger partial charge in [-0.25, -0.2) is 18.0 Å². The molecule has 142 valence electrons. The van der Waals surface area contributed by atoms with Crippen LogP contribution in [-0.2, 0) is 22.5 Å². The molecule has 0 atom stereocenters. The number of halogens is 4. The topological polar surface area (TPSA) is 77.4 Å². The maximum Gasteiger partial charge on any atom is 0.381 e. The zero-order chi connectivity index (χ0) is 19.9. The van der Waals surface area contributed by atoms with Crippen molar-refractivity contribution < 1.29 is 32.3 Å². The number of carbonyl (C=O) groups is 3. The van der Waals surface area contributed by atoms with Crippen LogP contribution in [0.25, 0.3) is 0 Å². The molecule has 3 rings (SSSR count). The van der Waals surface area contributed by atoms with Gasteiger partial charge in [-0.2, -0.15) is 0 Å². The molecule has 2 heterocycles. The van der Waals surface area contributed by atoms with Crippen LogP contribution in [0.3, 0.4) is 0 Å². The highest BCUT2D eigenvalue weighted by Crippen LogP contribution is 2.34. The van der Waals surface area contributed by atoms with Gasteiger partial charge in [0.2, 0.25) is 0 Å². The fraction of sp³-hybridized carbons (Fsp3) is 0.235. The minimum atomic E-state index is -1.67. The van der Waals surface area contributed by atoms with E-state index in [0.717, 1.165) is 7.11 Å². The maximum absolute atomic E-state index is 13.3. The number of amides is 1. The van der Waals surface area contributed by atoms with Gasteiger partial charge in [0, 0.05) is 30.1 Å². The van der Waals surface area contributed by atoms with E-state index in [1.165, 1.54) is 4.57 Å². The third-order valence-corrected chi connectivity index (χ3v) is 4.53. The number of Topliss-reactive ketones (excluding diaryl/α,β-unsaturated/α-hetero) is 1. The molecule has 0 fully saturated rings. The van der Waals surface area contributed by atoms with E-state index in [0.29, 0.717) is 37.2 Å². The number of ketones is 1. The first-order chi connectivity index (χ1) is 12.8. The first kappa shape index (κ1) is 19.0. The van der Waals surface area contributed by atoms with Crippen molar-refractivity contribution in [2.45, 2.75) is 19.4 Å². The largest absolute Gasteiger partial charge is 0.463 e. The van der Waals surface area contributed by atoms with E-state index in [1.54, 1.807) is 0 Å². The molecule has 1 aromatic carbocycles. The molecule has 10 heteroatoms. The number of rotatable bonds is 4. The Labute approximate surface area is 155 Å². The molecule has 0 aliphatic carbocycles. The summed E-state index contributed by atoms with van der Waals surface area (Å²) < 4.78 is 45.6. The van der Waals surface area contributed by atoms with E-state index in [1.807, 2.05) is 0 Å². The van der Waals surface area contributed by atoms with Gasteiger partial charge in [0.1, 0.15) is 5.69 Å². The molecule has 6 nitrogen and oxygen atoms in total. The number of anilines is 1. The first-order valence-electron chi connectivity index (χ1n) is 7.75. The Balaban J connectivity index is 2.01.